The molecule has 0 spiro atoms. The Hall–Kier alpha value is -1.23. The van der Waals surface area contributed by atoms with Crippen LogP contribution in [-0.2, 0) is 6.18 Å². The number of likely N-dealkylation sites (tertiary alicyclic amines) is 1. The van der Waals surface area contributed by atoms with Gasteiger partial charge in [-0.15, -0.1) is 0 Å². The van der Waals surface area contributed by atoms with Crippen LogP contribution in [0.2, 0.25) is 0 Å². The number of anilines is 1. The quantitative estimate of drug-likeness (QED) is 0.876. The molecule has 2 rings (SSSR count). The predicted molar refractivity (Wildman–Crippen MR) is 65.6 cm³/mol. The maximum Gasteiger partial charge on any atom is 0.416 e. The summed E-state index contributed by atoms with van der Waals surface area (Å²) in [6.45, 7) is 2.05. The Balaban J connectivity index is 1.94. The third kappa shape index (κ3) is 3.38. The van der Waals surface area contributed by atoms with Crippen LogP contribution in [0.15, 0.2) is 24.3 Å². The largest absolute Gasteiger partial charge is 0.416 e. The summed E-state index contributed by atoms with van der Waals surface area (Å²) in [6.07, 6.45) is -2.21. The standard InChI is InChI=1S/C13H17F3N2/c1-18-8-6-12(7-9-18)17-11-4-2-10(3-5-11)13(14,15)16/h2-5,12,17H,6-9H2,1H3. The Morgan fingerprint density at radius 3 is 2.17 bits per heavy atom. The van der Waals surface area contributed by atoms with Crippen molar-refractivity contribution >= 4 is 5.69 Å². The lowest BCUT2D eigenvalue weighted by Crippen LogP contribution is -2.36. The van der Waals surface area contributed by atoms with E-state index in [2.05, 4.69) is 17.3 Å². The maximum absolute atomic E-state index is 12.4. The van der Waals surface area contributed by atoms with Gasteiger partial charge in [0.15, 0.2) is 0 Å². The molecule has 0 bridgehead atoms. The molecule has 0 aliphatic carbocycles. The first-order valence-electron chi connectivity index (χ1n) is 6.07. The molecule has 1 fully saturated rings. The zero-order chi connectivity index (χ0) is 13.2. The number of hydrogen-bond acceptors (Lipinski definition) is 2. The van der Waals surface area contributed by atoms with E-state index < -0.39 is 11.7 Å². The molecule has 1 N–H and O–H groups in total. The summed E-state index contributed by atoms with van der Waals surface area (Å²) < 4.78 is 37.2. The van der Waals surface area contributed by atoms with Crippen molar-refractivity contribution in [2.75, 3.05) is 25.5 Å². The van der Waals surface area contributed by atoms with E-state index in [1.807, 2.05) is 0 Å². The number of alkyl halides is 3. The highest BCUT2D eigenvalue weighted by atomic mass is 19.4. The van der Waals surface area contributed by atoms with Crippen LogP contribution in [0.5, 0.6) is 0 Å². The predicted octanol–water partition coefficient (Wildman–Crippen LogP) is 3.21. The molecule has 0 radical (unpaired) electrons. The lowest BCUT2D eigenvalue weighted by atomic mass is 10.0. The average molecular weight is 258 g/mol. The van der Waals surface area contributed by atoms with E-state index in [4.69, 9.17) is 0 Å². The fourth-order valence-corrected chi connectivity index (χ4v) is 2.14. The van der Waals surface area contributed by atoms with E-state index in [0.29, 0.717) is 6.04 Å². The van der Waals surface area contributed by atoms with Crippen LogP contribution in [-0.4, -0.2) is 31.1 Å². The average Bonchev–Trinajstić information content (AvgIpc) is 2.32. The monoisotopic (exact) mass is 258 g/mol. The van der Waals surface area contributed by atoms with Gasteiger partial charge in [0.05, 0.1) is 5.56 Å². The molecule has 0 atom stereocenters. The molecule has 0 unspecified atom stereocenters. The molecular formula is C13H17F3N2. The van der Waals surface area contributed by atoms with Crippen molar-refractivity contribution in [3.63, 3.8) is 0 Å². The molecule has 1 aromatic carbocycles. The topological polar surface area (TPSA) is 15.3 Å². The summed E-state index contributed by atoms with van der Waals surface area (Å²) in [6, 6.07) is 5.61. The zero-order valence-corrected chi connectivity index (χ0v) is 10.3. The van der Waals surface area contributed by atoms with Crippen LogP contribution in [0.1, 0.15) is 18.4 Å². The summed E-state index contributed by atoms with van der Waals surface area (Å²) in [4.78, 5) is 2.25. The normalized spacial score (nSPS) is 18.9. The highest BCUT2D eigenvalue weighted by Gasteiger charge is 2.30. The highest BCUT2D eigenvalue weighted by Crippen LogP contribution is 2.30. The van der Waals surface area contributed by atoms with Crippen LogP contribution in [0.25, 0.3) is 0 Å². The van der Waals surface area contributed by atoms with Gasteiger partial charge in [0.1, 0.15) is 0 Å². The molecule has 0 saturated carbocycles. The van der Waals surface area contributed by atoms with E-state index in [9.17, 15) is 13.2 Å². The zero-order valence-electron chi connectivity index (χ0n) is 10.3. The lowest BCUT2D eigenvalue weighted by Gasteiger charge is -2.30. The number of hydrogen-bond donors (Lipinski definition) is 1. The van der Waals surface area contributed by atoms with E-state index in [0.717, 1.165) is 43.8 Å². The highest BCUT2D eigenvalue weighted by molar-refractivity contribution is 5.46. The van der Waals surface area contributed by atoms with Gasteiger partial charge in [-0.25, -0.2) is 0 Å². The van der Waals surface area contributed by atoms with Gasteiger partial charge in [0.2, 0.25) is 0 Å². The van der Waals surface area contributed by atoms with Gasteiger partial charge in [-0.1, -0.05) is 0 Å². The molecule has 0 amide bonds. The van der Waals surface area contributed by atoms with E-state index >= 15 is 0 Å². The molecule has 100 valence electrons. The fourth-order valence-electron chi connectivity index (χ4n) is 2.14. The third-order valence-corrected chi connectivity index (χ3v) is 3.30. The molecule has 18 heavy (non-hydrogen) atoms. The Morgan fingerprint density at radius 1 is 1.11 bits per heavy atom. The van der Waals surface area contributed by atoms with Crippen molar-refractivity contribution < 1.29 is 13.2 Å². The van der Waals surface area contributed by atoms with Crippen molar-refractivity contribution in [2.45, 2.75) is 25.1 Å². The second-order valence-electron chi connectivity index (χ2n) is 4.80. The summed E-state index contributed by atoms with van der Waals surface area (Å²) >= 11 is 0. The van der Waals surface area contributed by atoms with Gasteiger partial charge < -0.3 is 10.2 Å². The van der Waals surface area contributed by atoms with Crippen LogP contribution >= 0.6 is 0 Å². The first-order valence-corrected chi connectivity index (χ1v) is 6.07. The minimum Gasteiger partial charge on any atom is -0.382 e. The first kappa shape index (κ1) is 13.2. The van der Waals surface area contributed by atoms with E-state index in [-0.39, 0.29) is 0 Å². The smallest absolute Gasteiger partial charge is 0.382 e. The van der Waals surface area contributed by atoms with Gasteiger partial charge in [-0.05, 0) is 57.2 Å². The SMILES string of the molecule is CN1CCC(Nc2ccc(C(F)(F)F)cc2)CC1. The van der Waals surface area contributed by atoms with Gasteiger partial charge in [0.25, 0.3) is 0 Å². The third-order valence-electron chi connectivity index (χ3n) is 3.30. The maximum atomic E-state index is 12.4. The van der Waals surface area contributed by atoms with Gasteiger partial charge >= 0.3 is 6.18 Å². The van der Waals surface area contributed by atoms with Crippen LogP contribution < -0.4 is 5.32 Å². The summed E-state index contributed by atoms with van der Waals surface area (Å²) in [5, 5.41) is 3.29. The van der Waals surface area contributed by atoms with E-state index in [1.165, 1.54) is 12.1 Å². The van der Waals surface area contributed by atoms with Crippen LogP contribution in [0.4, 0.5) is 18.9 Å². The number of benzene rings is 1. The molecule has 1 aliphatic heterocycles. The van der Waals surface area contributed by atoms with Crippen LogP contribution in [0.3, 0.4) is 0 Å². The van der Waals surface area contributed by atoms with Gasteiger partial charge in [-0.2, -0.15) is 13.2 Å². The second-order valence-corrected chi connectivity index (χ2v) is 4.80. The molecule has 1 heterocycles. The molecular weight excluding hydrogens is 241 g/mol. The number of piperidine rings is 1. The minimum atomic E-state index is -4.26. The molecule has 1 aromatic rings. The van der Waals surface area contributed by atoms with Crippen molar-refractivity contribution in [3.05, 3.63) is 29.8 Å². The fraction of sp³-hybridized carbons (Fsp3) is 0.538. The minimum absolute atomic E-state index is 0.359. The number of halogens is 3. The van der Waals surface area contributed by atoms with Gasteiger partial charge in [0, 0.05) is 11.7 Å². The van der Waals surface area contributed by atoms with Gasteiger partial charge in [-0.3, -0.25) is 0 Å². The van der Waals surface area contributed by atoms with E-state index in [1.54, 1.807) is 0 Å². The van der Waals surface area contributed by atoms with Crippen molar-refractivity contribution in [3.8, 4) is 0 Å². The van der Waals surface area contributed by atoms with Crippen molar-refractivity contribution in [2.24, 2.45) is 0 Å². The Bertz CT molecular complexity index is 378. The molecule has 1 aliphatic rings. The Labute approximate surface area is 105 Å². The summed E-state index contributed by atoms with van der Waals surface area (Å²) in [5.41, 5.74) is 0.161. The summed E-state index contributed by atoms with van der Waals surface area (Å²) in [7, 11) is 2.08. The Kier molecular flexibility index (Phi) is 3.80. The number of rotatable bonds is 2. The van der Waals surface area contributed by atoms with Crippen molar-refractivity contribution in [1.29, 1.82) is 0 Å². The summed E-state index contributed by atoms with van der Waals surface area (Å²) in [5.74, 6) is 0. The van der Waals surface area contributed by atoms with Crippen LogP contribution in [0, 0.1) is 0 Å². The molecule has 1 saturated heterocycles. The Morgan fingerprint density at radius 2 is 1.67 bits per heavy atom. The molecule has 5 heteroatoms. The molecule has 2 nitrogen and oxygen atoms in total. The lowest BCUT2D eigenvalue weighted by molar-refractivity contribution is -0.137. The number of nitrogens with one attached hydrogen (secondary N) is 1. The number of nitrogens with zero attached hydrogens (tertiary/aromatic N) is 1. The molecule has 0 aromatic heterocycles. The first-order chi connectivity index (χ1) is 8.45. The van der Waals surface area contributed by atoms with Crippen molar-refractivity contribution in [1.82, 2.24) is 4.90 Å². The second kappa shape index (κ2) is 5.18.